The van der Waals surface area contributed by atoms with Crippen LogP contribution >= 0.6 is 0 Å². The molecule has 3 atom stereocenters. The first kappa shape index (κ1) is 19.6. The van der Waals surface area contributed by atoms with E-state index in [0.29, 0.717) is 6.61 Å². The van der Waals surface area contributed by atoms with Crippen LogP contribution in [-0.2, 0) is 14.4 Å². The van der Waals surface area contributed by atoms with Crippen LogP contribution in [0.5, 0.6) is 0 Å². The second kappa shape index (κ2) is 6.53. The molecular formula is C17H29NO4SSi. The number of aliphatic hydroxyl groups excluding tert-OH is 1. The minimum absolute atomic E-state index is 0.0667. The quantitative estimate of drug-likeness (QED) is 0.617. The molecule has 0 saturated carbocycles. The predicted octanol–water partition coefficient (Wildman–Crippen LogP) is 2.75. The lowest BCUT2D eigenvalue weighted by Gasteiger charge is -2.36. The molecule has 1 fully saturated rings. The maximum absolute atomic E-state index is 12.8. The number of aliphatic hydroxyl groups is 1. The van der Waals surface area contributed by atoms with E-state index in [1.165, 1.54) is 4.31 Å². The zero-order valence-electron chi connectivity index (χ0n) is 15.4. The van der Waals surface area contributed by atoms with Gasteiger partial charge in [0.05, 0.1) is 30.2 Å². The molecule has 1 N–H and O–H groups in total. The van der Waals surface area contributed by atoms with Gasteiger partial charge < -0.3 is 9.53 Å². The highest BCUT2D eigenvalue weighted by molar-refractivity contribution is 7.89. The fourth-order valence-corrected chi connectivity index (χ4v) is 5.21. The maximum Gasteiger partial charge on any atom is 0.243 e. The van der Waals surface area contributed by atoms with Gasteiger partial charge in [0.1, 0.15) is 0 Å². The van der Waals surface area contributed by atoms with Gasteiger partial charge in [-0.25, -0.2) is 8.42 Å². The van der Waals surface area contributed by atoms with Gasteiger partial charge >= 0.3 is 0 Å². The number of aryl methyl sites for hydroxylation is 1. The van der Waals surface area contributed by atoms with E-state index in [9.17, 15) is 13.5 Å². The smallest absolute Gasteiger partial charge is 0.243 e. The van der Waals surface area contributed by atoms with Crippen molar-refractivity contribution in [2.45, 2.75) is 62.8 Å². The fraction of sp³-hybridized carbons (Fsp3) is 0.647. The van der Waals surface area contributed by atoms with Crippen LogP contribution in [0.4, 0.5) is 0 Å². The van der Waals surface area contributed by atoms with Crippen molar-refractivity contribution in [3.8, 4) is 0 Å². The van der Waals surface area contributed by atoms with Gasteiger partial charge in [0.25, 0.3) is 0 Å². The Kier molecular flexibility index (Phi) is 5.33. The second-order valence-electron chi connectivity index (χ2n) is 8.04. The average Bonchev–Trinajstić information content (AvgIpc) is 3.18. The molecule has 0 radical (unpaired) electrons. The molecule has 0 bridgehead atoms. The molecule has 1 saturated heterocycles. The SMILES string of the molecule is Cc1ccc(S(=O)(=O)N2[C@@H](CO)[C@@H]2CO[Si](C)(C)C(C)(C)C)cc1. The lowest BCUT2D eigenvalue weighted by atomic mass is 10.2. The van der Waals surface area contributed by atoms with E-state index >= 15 is 0 Å². The Morgan fingerprint density at radius 2 is 1.71 bits per heavy atom. The summed E-state index contributed by atoms with van der Waals surface area (Å²) in [5.41, 5.74) is 1.01. The van der Waals surface area contributed by atoms with E-state index in [-0.39, 0.29) is 28.6 Å². The van der Waals surface area contributed by atoms with Gasteiger partial charge in [-0.3, -0.25) is 0 Å². The molecule has 7 heteroatoms. The van der Waals surface area contributed by atoms with E-state index in [1.807, 2.05) is 6.92 Å². The number of sulfonamides is 1. The Hall–Kier alpha value is -0.733. The van der Waals surface area contributed by atoms with Gasteiger partial charge in [0.15, 0.2) is 8.32 Å². The molecule has 1 unspecified atom stereocenters. The molecule has 1 heterocycles. The molecule has 1 aromatic rings. The lowest BCUT2D eigenvalue weighted by Crippen LogP contribution is -2.42. The van der Waals surface area contributed by atoms with Gasteiger partial charge in [-0.1, -0.05) is 38.5 Å². The number of rotatable bonds is 6. The van der Waals surface area contributed by atoms with Gasteiger partial charge in [-0.15, -0.1) is 0 Å². The van der Waals surface area contributed by atoms with Gasteiger partial charge in [-0.2, -0.15) is 4.31 Å². The summed E-state index contributed by atoms with van der Waals surface area (Å²) in [7, 11) is -5.54. The predicted molar refractivity (Wildman–Crippen MR) is 98.0 cm³/mol. The van der Waals surface area contributed by atoms with Crippen LogP contribution in [0, 0.1) is 6.92 Å². The summed E-state index contributed by atoms with van der Waals surface area (Å²) in [5.74, 6) is 0. The number of hydrogen-bond donors (Lipinski definition) is 1. The molecule has 5 nitrogen and oxygen atoms in total. The summed E-state index contributed by atoms with van der Waals surface area (Å²) in [4.78, 5) is 0.265. The topological polar surface area (TPSA) is 66.6 Å². The van der Waals surface area contributed by atoms with Crippen LogP contribution in [0.15, 0.2) is 29.2 Å². The Bertz CT molecular complexity index is 680. The Morgan fingerprint density at radius 1 is 1.17 bits per heavy atom. The Balaban J connectivity index is 2.13. The Morgan fingerprint density at radius 3 is 2.17 bits per heavy atom. The summed E-state index contributed by atoms with van der Waals surface area (Å²) in [6.45, 7) is 12.8. The minimum atomic E-state index is -3.59. The molecule has 0 spiro atoms. The normalized spacial score (nSPS) is 24.9. The van der Waals surface area contributed by atoms with Crippen molar-refractivity contribution < 1.29 is 18.0 Å². The third kappa shape index (κ3) is 3.75. The number of nitrogens with zero attached hydrogens (tertiary/aromatic N) is 1. The van der Waals surface area contributed by atoms with Crippen molar-refractivity contribution in [2.24, 2.45) is 0 Å². The standard InChI is InChI=1S/C17H29NO4SSi/c1-13-7-9-14(10-8-13)23(20,21)18-15(11-19)16(18)12-22-24(5,6)17(2,3)4/h7-10,15-16,19H,11-12H2,1-6H3/t15-,16-,18?/m0/s1. The molecule has 24 heavy (non-hydrogen) atoms. The van der Waals surface area contributed by atoms with E-state index in [4.69, 9.17) is 4.43 Å². The van der Waals surface area contributed by atoms with Crippen LogP contribution in [0.3, 0.4) is 0 Å². The molecule has 0 amide bonds. The van der Waals surface area contributed by atoms with Crippen molar-refractivity contribution in [3.05, 3.63) is 29.8 Å². The minimum Gasteiger partial charge on any atom is -0.415 e. The van der Waals surface area contributed by atoms with Crippen molar-refractivity contribution in [1.29, 1.82) is 0 Å². The van der Waals surface area contributed by atoms with Crippen molar-refractivity contribution in [2.75, 3.05) is 13.2 Å². The molecule has 0 aliphatic carbocycles. The van der Waals surface area contributed by atoms with Gasteiger partial charge in [0, 0.05) is 0 Å². The zero-order chi connectivity index (χ0) is 18.3. The highest BCUT2D eigenvalue weighted by Gasteiger charge is 2.56. The summed E-state index contributed by atoms with van der Waals surface area (Å²) in [5, 5.41) is 9.61. The number of hydrogen-bond acceptors (Lipinski definition) is 4. The fourth-order valence-electron chi connectivity index (χ4n) is 2.39. The maximum atomic E-state index is 12.8. The van der Waals surface area contributed by atoms with E-state index in [1.54, 1.807) is 24.3 Å². The summed E-state index contributed by atoms with van der Waals surface area (Å²) < 4.78 is 33.1. The molecule has 1 aromatic carbocycles. The number of benzene rings is 1. The van der Waals surface area contributed by atoms with Crippen LogP contribution in [-0.4, -0.2) is 51.4 Å². The molecular weight excluding hydrogens is 342 g/mol. The van der Waals surface area contributed by atoms with E-state index in [0.717, 1.165) is 5.56 Å². The molecule has 1 aliphatic rings. The average molecular weight is 372 g/mol. The summed E-state index contributed by atoms with van der Waals surface area (Å²) >= 11 is 0. The first-order chi connectivity index (χ1) is 10.9. The zero-order valence-corrected chi connectivity index (χ0v) is 17.2. The second-order valence-corrected chi connectivity index (χ2v) is 14.7. The van der Waals surface area contributed by atoms with Crippen molar-refractivity contribution >= 4 is 18.3 Å². The van der Waals surface area contributed by atoms with E-state index in [2.05, 4.69) is 33.9 Å². The molecule has 0 aromatic heterocycles. The Labute approximate surface area is 146 Å². The first-order valence-corrected chi connectivity index (χ1v) is 12.6. The van der Waals surface area contributed by atoms with Gasteiger partial charge in [0.2, 0.25) is 10.0 Å². The highest BCUT2D eigenvalue weighted by Crippen LogP contribution is 2.40. The third-order valence-electron chi connectivity index (χ3n) is 5.21. The van der Waals surface area contributed by atoms with Crippen LogP contribution in [0.1, 0.15) is 26.3 Å². The third-order valence-corrected chi connectivity index (χ3v) is 11.7. The monoisotopic (exact) mass is 371 g/mol. The highest BCUT2D eigenvalue weighted by atomic mass is 32.2. The van der Waals surface area contributed by atoms with E-state index < -0.39 is 18.3 Å². The first-order valence-electron chi connectivity index (χ1n) is 8.27. The van der Waals surface area contributed by atoms with Crippen LogP contribution in [0.2, 0.25) is 18.1 Å². The molecule has 2 rings (SSSR count). The van der Waals surface area contributed by atoms with Crippen molar-refractivity contribution in [3.63, 3.8) is 0 Å². The van der Waals surface area contributed by atoms with Gasteiger partial charge in [-0.05, 0) is 37.2 Å². The van der Waals surface area contributed by atoms with Crippen LogP contribution in [0.25, 0.3) is 0 Å². The summed E-state index contributed by atoms with van der Waals surface area (Å²) in [6, 6.07) is 6.13. The summed E-state index contributed by atoms with van der Waals surface area (Å²) in [6.07, 6.45) is 0. The van der Waals surface area contributed by atoms with Crippen molar-refractivity contribution in [1.82, 2.24) is 4.31 Å². The lowest BCUT2D eigenvalue weighted by molar-refractivity contribution is 0.267. The molecule has 1 aliphatic heterocycles. The van der Waals surface area contributed by atoms with Crippen LogP contribution < -0.4 is 0 Å². The largest absolute Gasteiger partial charge is 0.415 e. The molecule has 136 valence electrons.